The third-order valence-electron chi connectivity index (χ3n) is 4.62. The topological polar surface area (TPSA) is 49.4 Å². The first-order chi connectivity index (χ1) is 12.0. The zero-order valence-electron chi connectivity index (χ0n) is 14.1. The molecule has 6 heteroatoms. The standard InChI is InChI=1S/C19H23FN2O2S/c20-18-7-4-8-19(13-18)25(23,24)21-14-16-9-11-22(12-10-16)15-17-5-2-1-3-6-17/h1-8,13,16,21H,9-12,14-15H2. The van der Waals surface area contributed by atoms with Gasteiger partial charge >= 0.3 is 0 Å². The lowest BCUT2D eigenvalue weighted by molar-refractivity contribution is 0.178. The van der Waals surface area contributed by atoms with Gasteiger partial charge in [0.1, 0.15) is 5.82 Å². The number of benzene rings is 2. The van der Waals surface area contributed by atoms with Crippen LogP contribution >= 0.6 is 0 Å². The minimum atomic E-state index is -3.65. The Morgan fingerprint density at radius 1 is 1.04 bits per heavy atom. The van der Waals surface area contributed by atoms with Crippen LogP contribution in [0.15, 0.2) is 59.5 Å². The van der Waals surface area contributed by atoms with Gasteiger partial charge in [-0.05, 0) is 55.6 Å². The molecule has 0 amide bonds. The van der Waals surface area contributed by atoms with E-state index in [4.69, 9.17) is 0 Å². The lowest BCUT2D eigenvalue weighted by atomic mass is 9.97. The van der Waals surface area contributed by atoms with E-state index in [-0.39, 0.29) is 4.90 Å². The van der Waals surface area contributed by atoms with Crippen LogP contribution in [-0.4, -0.2) is 33.0 Å². The van der Waals surface area contributed by atoms with Crippen LogP contribution in [0, 0.1) is 11.7 Å². The fraction of sp³-hybridized carbons (Fsp3) is 0.368. The summed E-state index contributed by atoms with van der Waals surface area (Å²) in [5.74, 6) is -0.229. The van der Waals surface area contributed by atoms with E-state index in [1.54, 1.807) is 0 Å². The molecule has 0 saturated carbocycles. The van der Waals surface area contributed by atoms with Crippen molar-refractivity contribution in [3.05, 3.63) is 66.0 Å². The van der Waals surface area contributed by atoms with Crippen LogP contribution in [0.4, 0.5) is 4.39 Å². The molecule has 25 heavy (non-hydrogen) atoms. The fourth-order valence-corrected chi connectivity index (χ4v) is 4.28. The molecule has 1 heterocycles. The van der Waals surface area contributed by atoms with Gasteiger partial charge in [-0.25, -0.2) is 17.5 Å². The third-order valence-corrected chi connectivity index (χ3v) is 6.05. The smallest absolute Gasteiger partial charge is 0.240 e. The van der Waals surface area contributed by atoms with Crippen molar-refractivity contribution in [2.75, 3.05) is 19.6 Å². The van der Waals surface area contributed by atoms with Gasteiger partial charge in [-0.1, -0.05) is 36.4 Å². The van der Waals surface area contributed by atoms with Crippen LogP contribution < -0.4 is 4.72 Å². The summed E-state index contributed by atoms with van der Waals surface area (Å²) in [5, 5.41) is 0. The first-order valence-corrected chi connectivity index (χ1v) is 10.0. The molecule has 0 radical (unpaired) electrons. The van der Waals surface area contributed by atoms with Crippen molar-refractivity contribution < 1.29 is 12.8 Å². The predicted octanol–water partition coefficient (Wildman–Crippen LogP) is 3.02. The summed E-state index contributed by atoms with van der Waals surface area (Å²) in [6.45, 7) is 3.25. The zero-order chi connectivity index (χ0) is 17.7. The number of piperidine rings is 1. The Balaban J connectivity index is 1.48. The van der Waals surface area contributed by atoms with Gasteiger partial charge in [0.2, 0.25) is 10.0 Å². The zero-order valence-corrected chi connectivity index (χ0v) is 14.9. The molecular weight excluding hydrogens is 339 g/mol. The van der Waals surface area contributed by atoms with E-state index in [1.807, 2.05) is 18.2 Å². The largest absolute Gasteiger partial charge is 0.299 e. The van der Waals surface area contributed by atoms with E-state index >= 15 is 0 Å². The van der Waals surface area contributed by atoms with Gasteiger partial charge in [0.05, 0.1) is 4.90 Å². The van der Waals surface area contributed by atoms with E-state index in [2.05, 4.69) is 21.8 Å². The predicted molar refractivity (Wildman–Crippen MR) is 96.0 cm³/mol. The van der Waals surface area contributed by atoms with E-state index in [0.717, 1.165) is 38.5 Å². The highest BCUT2D eigenvalue weighted by Gasteiger charge is 2.22. The molecule has 2 aromatic rings. The number of likely N-dealkylation sites (tertiary alicyclic amines) is 1. The highest BCUT2D eigenvalue weighted by molar-refractivity contribution is 7.89. The van der Waals surface area contributed by atoms with Crippen molar-refractivity contribution in [2.24, 2.45) is 5.92 Å². The van der Waals surface area contributed by atoms with Crippen LogP contribution in [0.5, 0.6) is 0 Å². The molecule has 1 aliphatic heterocycles. The second-order valence-corrected chi connectivity index (χ2v) is 8.28. The van der Waals surface area contributed by atoms with Crippen molar-refractivity contribution in [1.29, 1.82) is 0 Å². The highest BCUT2D eigenvalue weighted by atomic mass is 32.2. The Morgan fingerprint density at radius 3 is 2.44 bits per heavy atom. The molecule has 1 fully saturated rings. The molecule has 0 spiro atoms. The summed E-state index contributed by atoms with van der Waals surface area (Å²) in [6.07, 6.45) is 1.91. The summed E-state index contributed by atoms with van der Waals surface area (Å²) in [6, 6.07) is 15.5. The Bertz CT molecular complexity index is 788. The summed E-state index contributed by atoms with van der Waals surface area (Å²) in [7, 11) is -3.65. The quantitative estimate of drug-likeness (QED) is 0.859. The average molecular weight is 362 g/mol. The van der Waals surface area contributed by atoms with Crippen molar-refractivity contribution in [3.8, 4) is 0 Å². The number of rotatable bonds is 6. The molecule has 4 nitrogen and oxygen atoms in total. The highest BCUT2D eigenvalue weighted by Crippen LogP contribution is 2.19. The van der Waals surface area contributed by atoms with Gasteiger partial charge in [-0.2, -0.15) is 0 Å². The van der Waals surface area contributed by atoms with Gasteiger partial charge < -0.3 is 0 Å². The Labute approximate surface area is 148 Å². The van der Waals surface area contributed by atoms with Crippen molar-refractivity contribution >= 4 is 10.0 Å². The molecule has 0 aromatic heterocycles. The van der Waals surface area contributed by atoms with Crippen LogP contribution in [0.3, 0.4) is 0 Å². The van der Waals surface area contributed by atoms with Crippen LogP contribution in [-0.2, 0) is 16.6 Å². The van der Waals surface area contributed by atoms with E-state index in [1.165, 1.54) is 23.8 Å². The SMILES string of the molecule is O=S(=O)(NCC1CCN(Cc2ccccc2)CC1)c1cccc(F)c1. The second-order valence-electron chi connectivity index (χ2n) is 6.51. The molecule has 0 atom stereocenters. The normalized spacial score (nSPS) is 16.8. The number of hydrogen-bond donors (Lipinski definition) is 1. The maximum Gasteiger partial charge on any atom is 0.240 e. The molecule has 0 unspecified atom stereocenters. The summed E-state index contributed by atoms with van der Waals surface area (Å²) in [4.78, 5) is 2.38. The van der Waals surface area contributed by atoms with E-state index < -0.39 is 15.8 Å². The number of nitrogens with zero attached hydrogens (tertiary/aromatic N) is 1. The average Bonchev–Trinajstić information content (AvgIpc) is 2.62. The summed E-state index contributed by atoms with van der Waals surface area (Å²) < 4.78 is 40.3. The van der Waals surface area contributed by atoms with E-state index in [9.17, 15) is 12.8 Å². The Kier molecular flexibility index (Phi) is 5.83. The lowest BCUT2D eigenvalue weighted by Crippen LogP contribution is -2.38. The number of sulfonamides is 1. The Hall–Kier alpha value is -1.76. The first-order valence-electron chi connectivity index (χ1n) is 8.54. The molecule has 1 N–H and O–H groups in total. The van der Waals surface area contributed by atoms with Gasteiger partial charge in [0.25, 0.3) is 0 Å². The molecule has 3 rings (SSSR count). The van der Waals surface area contributed by atoms with Gasteiger partial charge in [0.15, 0.2) is 0 Å². The second kappa shape index (κ2) is 8.08. The Morgan fingerprint density at radius 2 is 1.76 bits per heavy atom. The third kappa shape index (κ3) is 5.11. The number of hydrogen-bond acceptors (Lipinski definition) is 3. The monoisotopic (exact) mass is 362 g/mol. The molecule has 0 bridgehead atoms. The minimum absolute atomic E-state index is 0.0194. The van der Waals surface area contributed by atoms with Gasteiger partial charge in [-0.15, -0.1) is 0 Å². The maximum atomic E-state index is 13.2. The van der Waals surface area contributed by atoms with Crippen molar-refractivity contribution in [1.82, 2.24) is 9.62 Å². The molecule has 0 aliphatic carbocycles. The van der Waals surface area contributed by atoms with Crippen LogP contribution in [0.2, 0.25) is 0 Å². The molecule has 1 saturated heterocycles. The molecule has 1 aliphatic rings. The van der Waals surface area contributed by atoms with Crippen LogP contribution in [0.1, 0.15) is 18.4 Å². The van der Waals surface area contributed by atoms with Gasteiger partial charge in [0, 0.05) is 13.1 Å². The minimum Gasteiger partial charge on any atom is -0.299 e. The fourth-order valence-electron chi connectivity index (χ4n) is 3.14. The molecular formula is C19H23FN2O2S. The first kappa shape index (κ1) is 18.0. The summed E-state index contributed by atoms with van der Waals surface area (Å²) in [5.41, 5.74) is 1.30. The summed E-state index contributed by atoms with van der Waals surface area (Å²) >= 11 is 0. The molecule has 134 valence electrons. The van der Waals surface area contributed by atoms with Crippen molar-refractivity contribution in [2.45, 2.75) is 24.3 Å². The van der Waals surface area contributed by atoms with Crippen LogP contribution in [0.25, 0.3) is 0 Å². The van der Waals surface area contributed by atoms with Gasteiger partial charge in [-0.3, -0.25) is 4.90 Å². The van der Waals surface area contributed by atoms with E-state index in [0.29, 0.717) is 12.5 Å². The lowest BCUT2D eigenvalue weighted by Gasteiger charge is -2.32. The maximum absolute atomic E-state index is 13.2. The molecule has 2 aromatic carbocycles. The number of halogens is 1. The van der Waals surface area contributed by atoms with Crippen molar-refractivity contribution in [3.63, 3.8) is 0 Å². The number of nitrogens with one attached hydrogen (secondary N) is 1.